The van der Waals surface area contributed by atoms with Crippen LogP contribution in [0.5, 0.6) is 0 Å². The second-order valence-corrected chi connectivity index (χ2v) is 21.9. The zero-order valence-electron chi connectivity index (χ0n) is 45.2. The average molecular weight is 1100 g/mol. The van der Waals surface area contributed by atoms with Crippen LogP contribution in [-0.4, -0.2) is 13.7 Å². The molecule has 18 aromatic rings. The number of hydrogen-bond acceptors (Lipinski definition) is 7. The molecule has 0 unspecified atom stereocenters. The molecule has 0 N–H and O–H groups in total. The zero-order chi connectivity index (χ0) is 57.1. The highest BCUT2D eigenvalue weighted by atomic mass is 16.3. The summed E-state index contributed by atoms with van der Waals surface area (Å²) >= 11 is 0. The molecule has 0 atom stereocenters. The van der Waals surface area contributed by atoms with Gasteiger partial charge in [-0.2, -0.15) is 21.0 Å². The highest BCUT2D eigenvalue weighted by Crippen LogP contribution is 2.47. The van der Waals surface area contributed by atoms with Crippen molar-refractivity contribution in [2.45, 2.75) is 0 Å². The second-order valence-electron chi connectivity index (χ2n) is 21.9. The van der Waals surface area contributed by atoms with E-state index in [1.807, 2.05) is 78.9 Å². The summed E-state index contributed by atoms with van der Waals surface area (Å²) in [5.74, 6) is 0. The van der Waals surface area contributed by atoms with Crippen LogP contribution in [0.4, 0.5) is 0 Å². The Morgan fingerprint density at radius 1 is 0.256 bits per heavy atom. The predicted molar refractivity (Wildman–Crippen MR) is 341 cm³/mol. The maximum Gasteiger partial charge on any atom is 0.145 e. The molecule has 12 aromatic carbocycles. The molecular weight excluding hydrogens is 1060 g/mol. The van der Waals surface area contributed by atoms with Crippen LogP contribution in [0.2, 0.25) is 0 Å². The maximum absolute atomic E-state index is 11.0. The summed E-state index contributed by atoms with van der Waals surface area (Å²) in [5.41, 5.74) is 17.4. The van der Waals surface area contributed by atoms with E-state index in [0.717, 1.165) is 153 Å². The van der Waals surface area contributed by atoms with Crippen LogP contribution in [0.1, 0.15) is 22.3 Å². The molecule has 0 saturated carbocycles. The molecule has 0 spiro atoms. The van der Waals surface area contributed by atoms with Crippen molar-refractivity contribution in [2.75, 3.05) is 0 Å². The van der Waals surface area contributed by atoms with E-state index in [4.69, 9.17) is 13.3 Å². The first-order chi connectivity index (χ1) is 42.5. The fourth-order valence-corrected chi connectivity index (χ4v) is 13.8. The van der Waals surface area contributed by atoms with Gasteiger partial charge in [0.25, 0.3) is 0 Å². The number of nitriles is 4. The highest BCUT2D eigenvalue weighted by Gasteiger charge is 2.26. The molecule has 10 heteroatoms. The van der Waals surface area contributed by atoms with Crippen molar-refractivity contribution in [1.29, 1.82) is 21.0 Å². The van der Waals surface area contributed by atoms with Crippen LogP contribution >= 0.6 is 0 Å². The third kappa shape index (κ3) is 6.39. The summed E-state index contributed by atoms with van der Waals surface area (Å²) in [6, 6.07) is 84.8. The monoisotopic (exact) mass is 1100 g/mol. The number of benzene rings is 12. The molecule has 0 aliphatic rings. The molecule has 0 radical (unpaired) electrons. The smallest absolute Gasteiger partial charge is 0.145 e. The van der Waals surface area contributed by atoms with E-state index in [9.17, 15) is 21.0 Å². The van der Waals surface area contributed by atoms with Crippen molar-refractivity contribution in [1.82, 2.24) is 13.7 Å². The number of fused-ring (bicyclic) bond motifs is 21. The molecule has 10 nitrogen and oxygen atoms in total. The van der Waals surface area contributed by atoms with Crippen LogP contribution in [0.25, 0.3) is 171 Å². The van der Waals surface area contributed by atoms with Gasteiger partial charge in [0.1, 0.15) is 51.7 Å². The number of hydrogen-bond donors (Lipinski definition) is 0. The van der Waals surface area contributed by atoms with Crippen LogP contribution in [0, 0.1) is 45.3 Å². The average Bonchev–Trinajstić information content (AvgIpc) is 1.82. The Bertz CT molecular complexity index is 6270. The summed E-state index contributed by atoms with van der Waals surface area (Å²) < 4.78 is 26.9. The third-order valence-electron chi connectivity index (χ3n) is 17.6. The Kier molecular flexibility index (Phi) is 9.56. The first-order valence-electron chi connectivity index (χ1n) is 28.1. The lowest BCUT2D eigenvalue weighted by molar-refractivity contribution is 0.672. The Hall–Kier alpha value is -12.6. The number of rotatable bonds is 5. The van der Waals surface area contributed by atoms with Gasteiger partial charge in [-0.1, -0.05) is 103 Å². The first-order valence-corrected chi connectivity index (χ1v) is 28.1. The van der Waals surface area contributed by atoms with E-state index >= 15 is 0 Å². The molecule has 0 aliphatic carbocycles. The van der Waals surface area contributed by atoms with Gasteiger partial charge in [-0.15, -0.1) is 0 Å². The molecule has 18 rings (SSSR count). The molecule has 0 fully saturated rings. The Balaban J connectivity index is 0.795. The summed E-state index contributed by atoms with van der Waals surface area (Å²) in [4.78, 5) is 0. The van der Waals surface area contributed by atoms with Crippen molar-refractivity contribution in [3.05, 3.63) is 247 Å². The minimum atomic E-state index is 0.356. The predicted octanol–water partition coefficient (Wildman–Crippen LogP) is 19.5. The van der Waals surface area contributed by atoms with Gasteiger partial charge >= 0.3 is 0 Å². The molecule has 0 amide bonds. The first kappa shape index (κ1) is 47.1. The zero-order valence-corrected chi connectivity index (χ0v) is 45.2. The summed E-state index contributed by atoms with van der Waals surface area (Å²) in [7, 11) is 0. The molecule has 0 saturated heterocycles. The van der Waals surface area contributed by atoms with Gasteiger partial charge in [-0.05, 0) is 144 Å². The fraction of sp³-hybridized carbons (Fsp3) is 0. The normalized spacial score (nSPS) is 11.9. The minimum Gasteiger partial charge on any atom is -0.455 e. The maximum atomic E-state index is 11.0. The highest BCUT2D eigenvalue weighted by molar-refractivity contribution is 6.27. The van der Waals surface area contributed by atoms with Crippen LogP contribution in [-0.2, 0) is 0 Å². The van der Waals surface area contributed by atoms with Crippen LogP contribution in [0.15, 0.2) is 238 Å². The van der Waals surface area contributed by atoms with Gasteiger partial charge in [0.2, 0.25) is 0 Å². The van der Waals surface area contributed by atoms with E-state index < -0.39 is 0 Å². The number of nitrogens with zero attached hydrogens (tertiary/aromatic N) is 7. The van der Waals surface area contributed by atoms with E-state index in [2.05, 4.69) is 165 Å². The van der Waals surface area contributed by atoms with Gasteiger partial charge < -0.3 is 27.0 Å². The second kappa shape index (κ2) is 17.5. The lowest BCUT2D eigenvalue weighted by Gasteiger charge is -2.16. The Morgan fingerprint density at radius 2 is 0.698 bits per heavy atom. The molecule has 394 valence electrons. The van der Waals surface area contributed by atoms with E-state index in [0.29, 0.717) is 39.3 Å². The quantitative estimate of drug-likeness (QED) is 0.166. The molecule has 0 bridgehead atoms. The van der Waals surface area contributed by atoms with Crippen molar-refractivity contribution in [2.24, 2.45) is 0 Å². The third-order valence-corrected chi connectivity index (χ3v) is 17.6. The minimum absolute atomic E-state index is 0.356. The van der Waals surface area contributed by atoms with Gasteiger partial charge in [0.15, 0.2) is 0 Å². The summed E-state index contributed by atoms with van der Waals surface area (Å²) in [6.07, 6.45) is 0. The lowest BCUT2D eigenvalue weighted by atomic mass is 10.00. The van der Waals surface area contributed by atoms with E-state index in [1.165, 1.54) is 0 Å². The topological polar surface area (TPSA) is 149 Å². The largest absolute Gasteiger partial charge is 0.455 e. The Labute approximate surface area is 487 Å². The van der Waals surface area contributed by atoms with Crippen LogP contribution in [0.3, 0.4) is 0 Å². The van der Waals surface area contributed by atoms with Crippen molar-refractivity contribution < 1.29 is 13.3 Å². The van der Waals surface area contributed by atoms with Gasteiger partial charge in [-0.25, -0.2) is 0 Å². The number of para-hydroxylation sites is 3. The standard InChI is InChI=1S/C76H37N7O3/c77-38-42-18-26-59(47(32-42)39-78)81-62-27-20-44(43-10-2-1-3-11-43)35-58(62)73-65(81)29-24-53-51-22-19-46(36-70(51)86-75(53)73)45-21-31-69-57(34-45)54-25-30-64-72(76(54)85-69)56-14-5-8-16-61(56)83(64)67-37-66(48(40-79)33-49(67)41-80)82-60-15-7-4-13-55(60)71-63(82)28-23-52-50-12-6-9-17-68(50)84-74(52)71/h1-37H. The van der Waals surface area contributed by atoms with Crippen molar-refractivity contribution >= 4 is 131 Å². The molecular formula is C76H37N7O3. The summed E-state index contributed by atoms with van der Waals surface area (Å²) in [5, 5.41) is 53.6. The van der Waals surface area contributed by atoms with E-state index in [1.54, 1.807) is 18.2 Å². The Morgan fingerprint density at radius 3 is 1.34 bits per heavy atom. The van der Waals surface area contributed by atoms with Crippen molar-refractivity contribution in [3.8, 4) is 63.6 Å². The lowest BCUT2D eigenvalue weighted by Crippen LogP contribution is -2.04. The fourth-order valence-electron chi connectivity index (χ4n) is 13.8. The van der Waals surface area contributed by atoms with Crippen LogP contribution < -0.4 is 0 Å². The SMILES string of the molecule is N#Cc1ccc(-n2c3ccc(-c4ccccc4)cc3c3c4oc5cc(-c6ccc7oc8c(ccc9c8c8ccccc8n9-c8cc(-n9c%10ccccc%10c%10c%11oc%12ccccc%12c%11ccc%109)c(C#N)cc8C#N)c7c6)ccc5c4ccc32)c(C#N)c1. The number of furan rings is 3. The van der Waals surface area contributed by atoms with E-state index in [-0.39, 0.29) is 0 Å². The molecule has 0 aliphatic heterocycles. The molecule has 6 heterocycles. The summed E-state index contributed by atoms with van der Waals surface area (Å²) in [6.45, 7) is 0. The molecule has 86 heavy (non-hydrogen) atoms. The van der Waals surface area contributed by atoms with Gasteiger partial charge in [0.05, 0.1) is 94.6 Å². The molecule has 6 aromatic heterocycles. The van der Waals surface area contributed by atoms with Gasteiger partial charge in [-0.3, -0.25) is 0 Å². The van der Waals surface area contributed by atoms with Crippen molar-refractivity contribution in [3.63, 3.8) is 0 Å². The van der Waals surface area contributed by atoms with Gasteiger partial charge in [0, 0.05) is 48.5 Å². The number of aromatic nitrogens is 3.